The summed E-state index contributed by atoms with van der Waals surface area (Å²) in [6, 6.07) is 11.6. The van der Waals surface area contributed by atoms with Crippen molar-refractivity contribution in [3.63, 3.8) is 0 Å². The van der Waals surface area contributed by atoms with Crippen molar-refractivity contribution in [2.24, 2.45) is 5.92 Å². The largest absolute Gasteiger partial charge is 0.422 e. The molecule has 0 fully saturated rings. The van der Waals surface area contributed by atoms with E-state index >= 15 is 0 Å². The highest BCUT2D eigenvalue weighted by Gasteiger charge is 2.27. The van der Waals surface area contributed by atoms with Crippen LogP contribution in [0, 0.1) is 5.92 Å². The molecule has 2 atom stereocenters. The molecular weight excluding hydrogens is 570 g/mol. The number of carbonyl (C=O) groups excluding carboxylic acids is 1. The molecule has 0 spiro atoms. The monoisotopic (exact) mass is 592 g/mol. The summed E-state index contributed by atoms with van der Waals surface area (Å²) in [5.41, 5.74) is 1.89. The standard InChI is InChI=1S/C28H23ClF2N8O3/c1-15-3-2-4-18(21-11-16(9-10-32-21)25-22(35-26(15)40)13-34-39(25)28(30)31)19-6-8-24(42-27(19)41)20-12-17(29)5-7-23(20)38-14-33-36-37-38/h5-15,18,28H,2-4H2,1H3,(H,35,40). The van der Waals surface area contributed by atoms with Gasteiger partial charge >= 0.3 is 12.2 Å². The predicted octanol–water partition coefficient (Wildman–Crippen LogP) is 5.48. The van der Waals surface area contributed by atoms with Crippen molar-refractivity contribution in [1.82, 2.24) is 35.0 Å². The number of benzene rings is 1. The number of alkyl halides is 2. The maximum Gasteiger partial charge on any atom is 0.340 e. The molecule has 1 aliphatic rings. The summed E-state index contributed by atoms with van der Waals surface area (Å²) in [4.78, 5) is 30.9. The number of amides is 1. The van der Waals surface area contributed by atoms with Crippen molar-refractivity contribution >= 4 is 23.2 Å². The van der Waals surface area contributed by atoms with Crippen LogP contribution in [0.3, 0.4) is 0 Å². The molecular formula is C28H23ClF2N8O3. The zero-order valence-corrected chi connectivity index (χ0v) is 22.9. The van der Waals surface area contributed by atoms with E-state index in [1.807, 2.05) is 0 Å². The molecule has 11 nitrogen and oxygen atoms in total. The average Bonchev–Trinajstić information content (AvgIpc) is 3.66. The van der Waals surface area contributed by atoms with E-state index in [0.717, 1.165) is 0 Å². The number of rotatable bonds is 4. The Kier molecular flexibility index (Phi) is 7.33. The first-order valence-corrected chi connectivity index (χ1v) is 13.5. The Morgan fingerprint density at radius 1 is 1.12 bits per heavy atom. The molecule has 5 heterocycles. The van der Waals surface area contributed by atoms with Crippen molar-refractivity contribution in [2.75, 3.05) is 5.32 Å². The molecule has 0 saturated heterocycles. The third kappa shape index (κ3) is 5.18. The van der Waals surface area contributed by atoms with Crippen LogP contribution in [0.2, 0.25) is 5.02 Å². The van der Waals surface area contributed by atoms with E-state index in [9.17, 15) is 18.4 Å². The van der Waals surface area contributed by atoms with Gasteiger partial charge in [-0.25, -0.2) is 9.48 Å². The summed E-state index contributed by atoms with van der Waals surface area (Å²) in [6.07, 6.45) is 5.67. The van der Waals surface area contributed by atoms with Gasteiger partial charge in [0.1, 0.15) is 12.1 Å². The molecule has 0 aliphatic carbocycles. The van der Waals surface area contributed by atoms with Crippen molar-refractivity contribution in [3.8, 4) is 28.3 Å². The van der Waals surface area contributed by atoms with Crippen LogP contribution in [0.4, 0.5) is 14.5 Å². The summed E-state index contributed by atoms with van der Waals surface area (Å²) in [5, 5.41) is 18.2. The van der Waals surface area contributed by atoms with Crippen molar-refractivity contribution < 1.29 is 18.0 Å². The highest BCUT2D eigenvalue weighted by Crippen LogP contribution is 2.36. The van der Waals surface area contributed by atoms with Gasteiger partial charge in [-0.3, -0.25) is 9.78 Å². The number of anilines is 1. The number of aromatic nitrogens is 7. The Balaban J connectivity index is 1.45. The molecule has 2 bridgehead atoms. The van der Waals surface area contributed by atoms with Gasteiger partial charge in [0.15, 0.2) is 0 Å². The fourth-order valence-corrected chi connectivity index (χ4v) is 5.33. The van der Waals surface area contributed by atoms with E-state index in [-0.39, 0.29) is 23.0 Å². The van der Waals surface area contributed by atoms with Gasteiger partial charge in [-0.1, -0.05) is 24.9 Å². The number of tetrazole rings is 1. The predicted molar refractivity (Wildman–Crippen MR) is 148 cm³/mol. The van der Waals surface area contributed by atoms with Crippen molar-refractivity contribution in [3.05, 3.63) is 87.9 Å². The molecule has 1 amide bonds. The third-order valence-corrected chi connectivity index (χ3v) is 7.51. The van der Waals surface area contributed by atoms with Gasteiger partial charge in [0.2, 0.25) is 5.91 Å². The summed E-state index contributed by atoms with van der Waals surface area (Å²) in [7, 11) is 0. The van der Waals surface area contributed by atoms with Crippen LogP contribution in [0.25, 0.3) is 28.3 Å². The molecule has 14 heteroatoms. The minimum Gasteiger partial charge on any atom is -0.422 e. The van der Waals surface area contributed by atoms with Crippen LogP contribution < -0.4 is 10.9 Å². The summed E-state index contributed by atoms with van der Waals surface area (Å²) < 4.78 is 35.6. The molecule has 2 unspecified atom stereocenters. The van der Waals surface area contributed by atoms with E-state index in [2.05, 4.69) is 30.9 Å². The second-order valence-electron chi connectivity index (χ2n) is 9.93. The Morgan fingerprint density at radius 2 is 1.98 bits per heavy atom. The Bertz CT molecular complexity index is 1820. The molecule has 1 N–H and O–H groups in total. The number of fused-ring (bicyclic) bond motifs is 4. The normalized spacial score (nSPS) is 17.3. The SMILES string of the molecule is CC1CCCC(c2ccc(-c3cc(Cl)ccc3-n3cnnn3)oc2=O)c2cc(ccn2)-c2c(cnn2C(F)F)NC1=O. The van der Waals surface area contributed by atoms with Crippen LogP contribution in [-0.4, -0.2) is 40.9 Å². The second kappa shape index (κ2) is 11.2. The molecule has 6 rings (SSSR count). The van der Waals surface area contributed by atoms with E-state index in [0.29, 0.717) is 57.0 Å². The number of hydrogen-bond donors (Lipinski definition) is 1. The quantitative estimate of drug-likeness (QED) is 0.290. The molecule has 1 aliphatic heterocycles. The van der Waals surface area contributed by atoms with Gasteiger partial charge in [0, 0.05) is 45.4 Å². The van der Waals surface area contributed by atoms with Gasteiger partial charge in [-0.2, -0.15) is 18.6 Å². The molecule has 5 aromatic rings. The van der Waals surface area contributed by atoms with Gasteiger partial charge in [-0.15, -0.1) is 5.10 Å². The number of hydrogen-bond acceptors (Lipinski definition) is 8. The lowest BCUT2D eigenvalue weighted by molar-refractivity contribution is -0.119. The zero-order valence-electron chi connectivity index (χ0n) is 22.1. The molecule has 214 valence electrons. The highest BCUT2D eigenvalue weighted by atomic mass is 35.5. The highest BCUT2D eigenvalue weighted by molar-refractivity contribution is 6.31. The van der Waals surface area contributed by atoms with Crippen molar-refractivity contribution in [2.45, 2.75) is 38.7 Å². The first-order valence-electron chi connectivity index (χ1n) is 13.1. The average molecular weight is 593 g/mol. The first-order chi connectivity index (χ1) is 20.3. The molecule has 0 radical (unpaired) electrons. The smallest absolute Gasteiger partial charge is 0.340 e. The minimum atomic E-state index is -2.94. The van der Waals surface area contributed by atoms with E-state index in [1.54, 1.807) is 49.4 Å². The number of pyridine rings is 1. The number of nitrogens with one attached hydrogen (secondary N) is 1. The van der Waals surface area contributed by atoms with E-state index in [1.165, 1.54) is 23.4 Å². The lowest BCUT2D eigenvalue weighted by Crippen LogP contribution is -2.22. The van der Waals surface area contributed by atoms with Gasteiger partial charge in [-0.05, 0) is 65.7 Å². The first kappa shape index (κ1) is 27.4. The maximum absolute atomic E-state index is 13.9. The fraction of sp³-hybridized carbons (Fsp3) is 0.250. The van der Waals surface area contributed by atoms with E-state index in [4.69, 9.17) is 16.0 Å². The third-order valence-electron chi connectivity index (χ3n) is 7.28. The van der Waals surface area contributed by atoms with Gasteiger partial charge < -0.3 is 9.73 Å². The molecule has 4 aromatic heterocycles. The maximum atomic E-state index is 13.9. The zero-order chi connectivity index (χ0) is 29.4. The lowest BCUT2D eigenvalue weighted by atomic mass is 9.88. The van der Waals surface area contributed by atoms with Crippen molar-refractivity contribution in [1.29, 1.82) is 0 Å². The number of nitrogens with zero attached hydrogens (tertiary/aromatic N) is 7. The number of halogens is 3. The molecule has 0 saturated carbocycles. The second-order valence-corrected chi connectivity index (χ2v) is 10.4. The number of carbonyl (C=O) groups is 1. The van der Waals surface area contributed by atoms with Crippen LogP contribution >= 0.6 is 11.6 Å². The van der Waals surface area contributed by atoms with Crippen LogP contribution in [-0.2, 0) is 4.79 Å². The Morgan fingerprint density at radius 3 is 2.74 bits per heavy atom. The minimum absolute atomic E-state index is 0.0481. The van der Waals surface area contributed by atoms with E-state index < -0.39 is 24.0 Å². The molecule has 42 heavy (non-hydrogen) atoms. The van der Waals surface area contributed by atoms with Crippen LogP contribution in [0.5, 0.6) is 0 Å². The summed E-state index contributed by atoms with van der Waals surface area (Å²) in [6.45, 7) is -1.17. The lowest BCUT2D eigenvalue weighted by Gasteiger charge is -2.20. The summed E-state index contributed by atoms with van der Waals surface area (Å²) >= 11 is 6.26. The molecule has 1 aromatic carbocycles. The van der Waals surface area contributed by atoms with Gasteiger partial charge in [0.05, 0.1) is 23.3 Å². The Labute approximate surface area is 242 Å². The van der Waals surface area contributed by atoms with Gasteiger partial charge in [0.25, 0.3) is 0 Å². The topological polar surface area (TPSA) is 134 Å². The van der Waals surface area contributed by atoms with Crippen LogP contribution in [0.1, 0.15) is 49.9 Å². The Hall–Kier alpha value is -4.78. The summed E-state index contributed by atoms with van der Waals surface area (Å²) in [5.74, 6) is -0.997. The van der Waals surface area contributed by atoms with Crippen LogP contribution in [0.15, 0.2) is 70.4 Å². The fourth-order valence-electron chi connectivity index (χ4n) is 5.16.